The Bertz CT molecular complexity index is 690. The number of benzene rings is 1. The fourth-order valence-electron chi connectivity index (χ4n) is 4.61. The van der Waals surface area contributed by atoms with Gasteiger partial charge in [0.2, 0.25) is 0 Å². The van der Waals surface area contributed by atoms with E-state index >= 15 is 0 Å². The van der Waals surface area contributed by atoms with Gasteiger partial charge in [0.1, 0.15) is 0 Å². The van der Waals surface area contributed by atoms with E-state index in [-0.39, 0.29) is 23.7 Å². The van der Waals surface area contributed by atoms with Crippen molar-refractivity contribution in [3.8, 4) is 0 Å². The maximum Gasteiger partial charge on any atom is 0.254 e. The predicted molar refractivity (Wildman–Crippen MR) is 102 cm³/mol. The summed E-state index contributed by atoms with van der Waals surface area (Å²) in [6.45, 7) is 3.52. The molecule has 0 bridgehead atoms. The summed E-state index contributed by atoms with van der Waals surface area (Å²) in [6, 6.07) is 5.64. The standard InChI is InChI=1S/C21H28ClNO3/c1-14-17(4-3-5-18(14)22)20(24)23-11-10-21(25-2)9-8-16(12-19(21)23)26-13-15-6-7-15/h3-5,15-16,19H,6-13H2,1-2H3/t16-,19+,21-/m1/s1. The van der Waals surface area contributed by atoms with Crippen LogP contribution in [0.5, 0.6) is 0 Å². The molecule has 26 heavy (non-hydrogen) atoms. The number of carbonyl (C=O) groups is 1. The Hall–Kier alpha value is -1.10. The van der Waals surface area contributed by atoms with Gasteiger partial charge in [0.15, 0.2) is 0 Å². The Morgan fingerprint density at radius 2 is 2.12 bits per heavy atom. The average molecular weight is 378 g/mol. The molecule has 1 heterocycles. The van der Waals surface area contributed by atoms with Crippen LogP contribution in [0.2, 0.25) is 5.02 Å². The second-order valence-electron chi connectivity index (χ2n) is 8.12. The van der Waals surface area contributed by atoms with Crippen LogP contribution in [-0.4, -0.2) is 48.8 Å². The van der Waals surface area contributed by atoms with Crippen molar-refractivity contribution in [1.29, 1.82) is 0 Å². The summed E-state index contributed by atoms with van der Waals surface area (Å²) in [5, 5.41) is 0.641. The fraction of sp³-hybridized carbons (Fsp3) is 0.667. The number of carbonyl (C=O) groups excluding carboxylic acids is 1. The average Bonchev–Trinajstić information content (AvgIpc) is 3.41. The molecule has 1 saturated heterocycles. The number of rotatable bonds is 5. The Morgan fingerprint density at radius 1 is 1.31 bits per heavy atom. The molecule has 3 fully saturated rings. The Labute approximate surface area is 160 Å². The highest BCUT2D eigenvalue weighted by atomic mass is 35.5. The summed E-state index contributed by atoms with van der Waals surface area (Å²) in [7, 11) is 1.79. The van der Waals surface area contributed by atoms with E-state index in [1.807, 2.05) is 30.0 Å². The number of halogens is 1. The van der Waals surface area contributed by atoms with Crippen LogP contribution in [0.1, 0.15) is 54.4 Å². The monoisotopic (exact) mass is 377 g/mol. The topological polar surface area (TPSA) is 38.8 Å². The van der Waals surface area contributed by atoms with Crippen molar-refractivity contribution in [3.63, 3.8) is 0 Å². The number of hydrogen-bond donors (Lipinski definition) is 0. The van der Waals surface area contributed by atoms with Gasteiger partial charge in [-0.15, -0.1) is 0 Å². The smallest absolute Gasteiger partial charge is 0.254 e. The van der Waals surface area contributed by atoms with Crippen LogP contribution in [0.4, 0.5) is 0 Å². The van der Waals surface area contributed by atoms with Crippen molar-refractivity contribution >= 4 is 17.5 Å². The van der Waals surface area contributed by atoms with Gasteiger partial charge in [-0.25, -0.2) is 0 Å². The number of ether oxygens (including phenoxy) is 2. The lowest BCUT2D eigenvalue weighted by atomic mass is 9.79. The van der Waals surface area contributed by atoms with E-state index in [1.165, 1.54) is 12.8 Å². The molecule has 2 saturated carbocycles. The lowest BCUT2D eigenvalue weighted by Gasteiger charge is -2.43. The lowest BCUT2D eigenvalue weighted by molar-refractivity contribution is -0.0977. The van der Waals surface area contributed by atoms with Gasteiger partial charge in [0.25, 0.3) is 5.91 Å². The van der Waals surface area contributed by atoms with E-state index in [2.05, 4.69) is 0 Å². The Balaban J connectivity index is 1.53. The Kier molecular flexibility index (Phi) is 5.02. The normalized spacial score (nSPS) is 31.1. The maximum atomic E-state index is 13.3. The van der Waals surface area contributed by atoms with E-state index < -0.39 is 0 Å². The third-order valence-electron chi connectivity index (χ3n) is 6.57. The molecule has 3 aliphatic rings. The zero-order valence-electron chi connectivity index (χ0n) is 15.7. The van der Waals surface area contributed by atoms with Crippen LogP contribution in [-0.2, 0) is 9.47 Å². The quantitative estimate of drug-likeness (QED) is 0.770. The second kappa shape index (κ2) is 7.14. The molecule has 3 atom stereocenters. The SMILES string of the molecule is CO[C@@]12CC[C@@H](OCC3CC3)C[C@@H]1N(C(=O)c1cccc(Cl)c1C)CC2. The zero-order chi connectivity index (χ0) is 18.3. The number of methoxy groups -OCH3 is 1. The molecule has 5 heteroatoms. The van der Waals surface area contributed by atoms with Gasteiger partial charge in [-0.05, 0) is 69.1 Å². The maximum absolute atomic E-state index is 13.3. The highest BCUT2D eigenvalue weighted by Gasteiger charge is 2.53. The third-order valence-corrected chi connectivity index (χ3v) is 6.97. The third kappa shape index (κ3) is 3.28. The van der Waals surface area contributed by atoms with Crippen molar-refractivity contribution < 1.29 is 14.3 Å². The first-order chi connectivity index (χ1) is 12.5. The van der Waals surface area contributed by atoms with Crippen LogP contribution in [0.15, 0.2) is 18.2 Å². The largest absolute Gasteiger partial charge is 0.378 e. The van der Waals surface area contributed by atoms with Crippen LogP contribution in [0, 0.1) is 12.8 Å². The molecule has 0 spiro atoms. The molecule has 0 N–H and O–H groups in total. The first-order valence-corrected chi connectivity index (χ1v) is 10.1. The van der Waals surface area contributed by atoms with Gasteiger partial charge < -0.3 is 14.4 Å². The molecule has 4 nitrogen and oxygen atoms in total. The minimum Gasteiger partial charge on any atom is -0.378 e. The van der Waals surface area contributed by atoms with Gasteiger partial charge in [-0.1, -0.05) is 17.7 Å². The first-order valence-electron chi connectivity index (χ1n) is 9.77. The number of amides is 1. The van der Waals surface area contributed by atoms with Gasteiger partial charge in [-0.2, -0.15) is 0 Å². The highest BCUT2D eigenvalue weighted by molar-refractivity contribution is 6.31. The molecular formula is C21H28ClNO3. The van der Waals surface area contributed by atoms with E-state index in [4.69, 9.17) is 21.1 Å². The number of hydrogen-bond acceptors (Lipinski definition) is 3. The molecule has 1 aromatic rings. The van der Waals surface area contributed by atoms with Gasteiger partial charge in [-0.3, -0.25) is 4.79 Å². The molecule has 1 amide bonds. The van der Waals surface area contributed by atoms with Gasteiger partial charge >= 0.3 is 0 Å². The fourth-order valence-corrected chi connectivity index (χ4v) is 4.78. The van der Waals surface area contributed by atoms with E-state index in [1.54, 1.807) is 7.11 Å². The minimum atomic E-state index is -0.221. The van der Waals surface area contributed by atoms with Crippen molar-refractivity contribution in [1.82, 2.24) is 4.90 Å². The number of fused-ring (bicyclic) bond motifs is 1. The first kappa shape index (κ1) is 18.3. The molecule has 2 aliphatic carbocycles. The molecule has 4 rings (SSSR count). The highest BCUT2D eigenvalue weighted by Crippen LogP contribution is 2.44. The molecule has 0 unspecified atom stereocenters. The molecular weight excluding hydrogens is 350 g/mol. The summed E-state index contributed by atoms with van der Waals surface area (Å²) in [6.07, 6.45) is 6.59. The van der Waals surface area contributed by atoms with Crippen LogP contribution in [0.3, 0.4) is 0 Å². The van der Waals surface area contributed by atoms with Crippen LogP contribution >= 0.6 is 11.6 Å². The van der Waals surface area contributed by atoms with E-state index in [0.29, 0.717) is 10.6 Å². The Morgan fingerprint density at radius 3 is 2.85 bits per heavy atom. The summed E-state index contributed by atoms with van der Waals surface area (Å²) < 4.78 is 12.2. The minimum absolute atomic E-state index is 0.0665. The molecule has 142 valence electrons. The van der Waals surface area contributed by atoms with E-state index in [9.17, 15) is 4.79 Å². The van der Waals surface area contributed by atoms with Crippen molar-refractivity contribution in [2.24, 2.45) is 5.92 Å². The molecule has 0 aromatic heterocycles. The molecule has 1 aliphatic heterocycles. The summed E-state index contributed by atoms with van der Waals surface area (Å²) in [5.41, 5.74) is 1.33. The zero-order valence-corrected chi connectivity index (χ0v) is 16.4. The van der Waals surface area contributed by atoms with Crippen molar-refractivity contribution in [3.05, 3.63) is 34.3 Å². The van der Waals surface area contributed by atoms with Crippen LogP contribution < -0.4 is 0 Å². The number of likely N-dealkylation sites (tertiary alicyclic amines) is 1. The van der Waals surface area contributed by atoms with Crippen molar-refractivity contribution in [2.75, 3.05) is 20.3 Å². The van der Waals surface area contributed by atoms with E-state index in [0.717, 1.165) is 50.3 Å². The second-order valence-corrected chi connectivity index (χ2v) is 8.53. The summed E-state index contributed by atoms with van der Waals surface area (Å²) in [4.78, 5) is 15.3. The molecule has 0 radical (unpaired) electrons. The van der Waals surface area contributed by atoms with Gasteiger partial charge in [0, 0.05) is 30.8 Å². The molecule has 1 aromatic carbocycles. The number of nitrogens with zero attached hydrogens (tertiary/aromatic N) is 1. The van der Waals surface area contributed by atoms with Crippen molar-refractivity contribution in [2.45, 2.75) is 63.2 Å². The van der Waals surface area contributed by atoms with Gasteiger partial charge in [0.05, 0.1) is 17.7 Å². The van der Waals surface area contributed by atoms with Crippen LogP contribution in [0.25, 0.3) is 0 Å². The predicted octanol–water partition coefficient (Wildman–Crippen LogP) is 4.23. The summed E-state index contributed by atoms with van der Waals surface area (Å²) >= 11 is 6.24. The summed E-state index contributed by atoms with van der Waals surface area (Å²) in [5.74, 6) is 0.830. The lowest BCUT2D eigenvalue weighted by Crippen LogP contribution is -2.53.